The molecule has 1 saturated heterocycles. The molecule has 0 aromatic carbocycles. The Morgan fingerprint density at radius 2 is 2.29 bits per heavy atom. The van der Waals surface area contributed by atoms with Gasteiger partial charge in [0.15, 0.2) is 0 Å². The van der Waals surface area contributed by atoms with Gasteiger partial charge in [0.1, 0.15) is 6.04 Å². The Balaban J connectivity index is 2.49. The lowest BCUT2D eigenvalue weighted by Crippen LogP contribution is -2.41. The van der Waals surface area contributed by atoms with E-state index in [2.05, 4.69) is 0 Å². The van der Waals surface area contributed by atoms with Crippen LogP contribution in [0, 0.1) is 0 Å². The van der Waals surface area contributed by atoms with E-state index in [1.54, 1.807) is 0 Å². The van der Waals surface area contributed by atoms with Crippen LogP contribution in [0.1, 0.15) is 26.2 Å². The van der Waals surface area contributed by atoms with Gasteiger partial charge in [-0.1, -0.05) is 13.3 Å². The molecule has 0 unspecified atom stereocenters. The smallest absolute Gasteiger partial charge is 0.327 e. The summed E-state index contributed by atoms with van der Waals surface area (Å²) in [5.41, 5.74) is 0. The van der Waals surface area contributed by atoms with Gasteiger partial charge in [0.25, 0.3) is 0 Å². The van der Waals surface area contributed by atoms with Crippen LogP contribution in [0.5, 0.6) is 0 Å². The van der Waals surface area contributed by atoms with Crippen LogP contribution in [-0.4, -0.2) is 39.6 Å². The first-order valence-electron chi connectivity index (χ1n) is 4.76. The van der Waals surface area contributed by atoms with Gasteiger partial charge < -0.3 is 10.0 Å². The first-order valence-corrected chi connectivity index (χ1v) is 5.92. The predicted molar refractivity (Wildman–Crippen MR) is 55.1 cm³/mol. The maximum absolute atomic E-state index is 11.6. The van der Waals surface area contributed by atoms with E-state index in [1.807, 2.05) is 6.92 Å². The second kappa shape index (κ2) is 5.24. The molecule has 0 aliphatic carbocycles. The molecule has 80 valence electrons. The topological polar surface area (TPSA) is 57.6 Å². The van der Waals surface area contributed by atoms with E-state index in [1.165, 1.54) is 16.7 Å². The van der Waals surface area contributed by atoms with Crippen LogP contribution in [-0.2, 0) is 9.59 Å². The molecule has 0 bridgehead atoms. The minimum atomic E-state index is -0.889. The molecule has 0 aromatic heterocycles. The molecule has 1 aliphatic rings. The molecule has 5 heteroatoms. The van der Waals surface area contributed by atoms with E-state index < -0.39 is 12.0 Å². The number of carbonyl (C=O) groups excluding carboxylic acids is 1. The summed E-state index contributed by atoms with van der Waals surface area (Å²) in [5, 5.41) is 8.85. The minimum Gasteiger partial charge on any atom is -0.480 e. The van der Waals surface area contributed by atoms with Gasteiger partial charge in [0.05, 0.1) is 5.88 Å². The van der Waals surface area contributed by atoms with Crippen LogP contribution in [0.15, 0.2) is 0 Å². The van der Waals surface area contributed by atoms with Gasteiger partial charge in [0.2, 0.25) is 5.91 Å². The van der Waals surface area contributed by atoms with Gasteiger partial charge in [-0.2, -0.15) is 0 Å². The van der Waals surface area contributed by atoms with Crippen molar-refractivity contribution in [2.45, 2.75) is 32.2 Å². The molecule has 0 saturated carbocycles. The number of unbranched alkanes of at least 4 members (excludes halogenated alkanes) is 1. The zero-order valence-electron chi connectivity index (χ0n) is 8.23. The summed E-state index contributed by atoms with van der Waals surface area (Å²) in [5.74, 6) is 0.135. The molecule has 0 aromatic rings. The highest BCUT2D eigenvalue weighted by Crippen LogP contribution is 2.22. The third kappa shape index (κ3) is 2.64. The quantitative estimate of drug-likeness (QED) is 0.767. The molecule has 1 fully saturated rings. The Labute approximate surface area is 87.7 Å². The fourth-order valence-corrected chi connectivity index (χ4v) is 2.54. The predicted octanol–water partition coefficient (Wildman–Crippen LogP) is 1.16. The fourth-order valence-electron chi connectivity index (χ4n) is 1.36. The lowest BCUT2D eigenvalue weighted by molar-refractivity contribution is -0.147. The zero-order chi connectivity index (χ0) is 10.6. The highest BCUT2D eigenvalue weighted by atomic mass is 32.2. The fraction of sp³-hybridized carbons (Fsp3) is 0.778. The van der Waals surface area contributed by atoms with E-state index in [0.717, 1.165) is 12.8 Å². The van der Waals surface area contributed by atoms with Crippen LogP contribution in [0.4, 0.5) is 0 Å². The molecule has 1 atom stereocenters. The van der Waals surface area contributed by atoms with Crippen molar-refractivity contribution in [3.8, 4) is 0 Å². The summed E-state index contributed by atoms with van der Waals surface area (Å²) in [7, 11) is 0. The van der Waals surface area contributed by atoms with Crippen LogP contribution in [0.2, 0.25) is 0 Å². The summed E-state index contributed by atoms with van der Waals surface area (Å²) < 4.78 is 0. The second-order valence-corrected chi connectivity index (χ2v) is 4.32. The summed E-state index contributed by atoms with van der Waals surface area (Å²) in [6.07, 6.45) is 2.28. The Kier molecular flexibility index (Phi) is 4.25. The Morgan fingerprint density at radius 3 is 2.86 bits per heavy atom. The number of hydrogen-bond donors (Lipinski definition) is 1. The van der Waals surface area contributed by atoms with Crippen molar-refractivity contribution in [2.24, 2.45) is 0 Å². The molecule has 1 aliphatic heterocycles. The highest BCUT2D eigenvalue weighted by molar-refractivity contribution is 7.99. The molecular formula is C9H15NO3S. The number of carbonyl (C=O) groups is 2. The third-order valence-electron chi connectivity index (χ3n) is 2.23. The molecule has 0 radical (unpaired) electrons. The molecule has 1 rings (SSSR count). The number of thioether (sulfide) groups is 1. The van der Waals surface area contributed by atoms with Gasteiger partial charge in [-0.3, -0.25) is 4.79 Å². The van der Waals surface area contributed by atoms with Crippen molar-refractivity contribution < 1.29 is 14.7 Å². The van der Waals surface area contributed by atoms with Crippen molar-refractivity contribution in [3.63, 3.8) is 0 Å². The third-order valence-corrected chi connectivity index (χ3v) is 3.24. The Bertz CT molecular complexity index is 232. The molecule has 4 nitrogen and oxygen atoms in total. The van der Waals surface area contributed by atoms with Crippen molar-refractivity contribution in [1.29, 1.82) is 0 Å². The molecule has 1 heterocycles. The number of nitrogens with zero attached hydrogens (tertiary/aromatic N) is 1. The normalized spacial score (nSPS) is 21.2. The second-order valence-electron chi connectivity index (χ2n) is 3.32. The largest absolute Gasteiger partial charge is 0.480 e. The van der Waals surface area contributed by atoms with Gasteiger partial charge >= 0.3 is 5.97 Å². The van der Waals surface area contributed by atoms with Crippen LogP contribution < -0.4 is 0 Å². The minimum absolute atomic E-state index is 0.0238. The van der Waals surface area contributed by atoms with E-state index in [9.17, 15) is 9.59 Å². The summed E-state index contributed by atoms with van der Waals surface area (Å²) in [6.45, 7) is 2.01. The zero-order valence-corrected chi connectivity index (χ0v) is 9.05. The van der Waals surface area contributed by atoms with E-state index in [-0.39, 0.29) is 5.91 Å². The average Bonchev–Trinajstić information content (AvgIpc) is 2.62. The molecule has 14 heavy (non-hydrogen) atoms. The Morgan fingerprint density at radius 1 is 1.57 bits per heavy atom. The molecule has 1 N–H and O–H groups in total. The van der Waals surface area contributed by atoms with Crippen molar-refractivity contribution in [3.05, 3.63) is 0 Å². The van der Waals surface area contributed by atoms with Crippen molar-refractivity contribution in [2.75, 3.05) is 11.6 Å². The first-order chi connectivity index (χ1) is 6.66. The number of carboxylic acids is 1. The first kappa shape index (κ1) is 11.4. The maximum Gasteiger partial charge on any atom is 0.327 e. The molecular weight excluding hydrogens is 202 g/mol. The van der Waals surface area contributed by atoms with E-state index in [0.29, 0.717) is 18.1 Å². The van der Waals surface area contributed by atoms with Crippen LogP contribution in [0.25, 0.3) is 0 Å². The van der Waals surface area contributed by atoms with Crippen molar-refractivity contribution in [1.82, 2.24) is 4.90 Å². The summed E-state index contributed by atoms with van der Waals surface area (Å²) in [6, 6.07) is -0.607. The van der Waals surface area contributed by atoms with E-state index in [4.69, 9.17) is 5.11 Å². The standard InChI is InChI=1S/C9H15NO3S/c1-2-3-4-8(11)10-6-14-5-7(10)9(12)13/h7H,2-6H2,1H3,(H,12,13)/t7-/m0/s1. The average molecular weight is 217 g/mol. The number of hydrogen-bond acceptors (Lipinski definition) is 3. The van der Waals surface area contributed by atoms with Crippen LogP contribution >= 0.6 is 11.8 Å². The van der Waals surface area contributed by atoms with Crippen molar-refractivity contribution >= 4 is 23.6 Å². The van der Waals surface area contributed by atoms with Gasteiger partial charge in [-0.25, -0.2) is 4.79 Å². The van der Waals surface area contributed by atoms with E-state index >= 15 is 0 Å². The number of amides is 1. The SMILES string of the molecule is CCCCC(=O)N1CSC[C@H]1C(=O)O. The van der Waals surface area contributed by atoms with Gasteiger partial charge in [0, 0.05) is 12.2 Å². The molecule has 1 amide bonds. The molecule has 0 spiro atoms. The monoisotopic (exact) mass is 217 g/mol. The number of aliphatic carboxylic acids is 1. The Hall–Kier alpha value is -0.710. The maximum atomic E-state index is 11.6. The lowest BCUT2D eigenvalue weighted by atomic mass is 10.2. The van der Waals surface area contributed by atoms with Gasteiger partial charge in [-0.15, -0.1) is 11.8 Å². The van der Waals surface area contributed by atoms with Crippen LogP contribution in [0.3, 0.4) is 0 Å². The lowest BCUT2D eigenvalue weighted by Gasteiger charge is -2.20. The van der Waals surface area contributed by atoms with Gasteiger partial charge in [-0.05, 0) is 6.42 Å². The number of rotatable bonds is 4. The summed E-state index contributed by atoms with van der Waals surface area (Å²) in [4.78, 5) is 23.8. The highest BCUT2D eigenvalue weighted by Gasteiger charge is 2.33. The number of carboxylic acid groups (broad SMARTS) is 1. The summed E-state index contributed by atoms with van der Waals surface area (Å²) >= 11 is 1.50.